The summed E-state index contributed by atoms with van der Waals surface area (Å²) in [5.41, 5.74) is 2.27. The lowest BCUT2D eigenvalue weighted by molar-refractivity contribution is -0.136. The number of anilines is 1. The van der Waals surface area contributed by atoms with E-state index in [4.69, 9.17) is 0 Å². The van der Waals surface area contributed by atoms with Crippen LogP contribution in [0.5, 0.6) is 0 Å². The number of pyridine rings is 1. The van der Waals surface area contributed by atoms with Gasteiger partial charge in [-0.25, -0.2) is 0 Å². The highest BCUT2D eigenvalue weighted by Gasteiger charge is 2.55. The first-order valence-corrected chi connectivity index (χ1v) is 9.13. The molecule has 4 aliphatic carbocycles. The van der Waals surface area contributed by atoms with Gasteiger partial charge >= 0.3 is 11.8 Å². The Kier molecular flexibility index (Phi) is 3.17. The van der Waals surface area contributed by atoms with Gasteiger partial charge < -0.3 is 15.6 Å². The number of aromatic nitrogens is 2. The van der Waals surface area contributed by atoms with E-state index in [0.29, 0.717) is 17.7 Å². The van der Waals surface area contributed by atoms with Crippen LogP contribution in [-0.2, 0) is 9.59 Å². The molecular formula is C19H22N4O2. The molecule has 3 N–H and O–H groups in total. The minimum atomic E-state index is -0.626. The van der Waals surface area contributed by atoms with Crippen LogP contribution in [-0.4, -0.2) is 28.3 Å². The second-order valence-electron chi connectivity index (χ2n) is 8.21. The molecule has 2 aromatic heterocycles. The van der Waals surface area contributed by atoms with Crippen molar-refractivity contribution in [3.8, 4) is 0 Å². The first-order valence-electron chi connectivity index (χ1n) is 9.13. The molecule has 4 fully saturated rings. The molecule has 4 aliphatic rings. The fourth-order valence-electron chi connectivity index (χ4n) is 5.77. The maximum Gasteiger partial charge on any atom is 0.313 e. The molecule has 0 radical (unpaired) electrons. The summed E-state index contributed by atoms with van der Waals surface area (Å²) in [7, 11) is 0. The lowest BCUT2D eigenvalue weighted by atomic mass is 9.69. The number of rotatable bonds is 3. The predicted octanol–water partition coefficient (Wildman–Crippen LogP) is 2.44. The summed E-state index contributed by atoms with van der Waals surface area (Å²) in [5.74, 6) is 1.39. The summed E-state index contributed by atoms with van der Waals surface area (Å²) in [5, 5.41) is 5.56. The number of hydrogen-bond acceptors (Lipinski definition) is 3. The molecule has 25 heavy (non-hydrogen) atoms. The molecule has 0 aliphatic heterocycles. The highest BCUT2D eigenvalue weighted by atomic mass is 16.2. The van der Waals surface area contributed by atoms with Crippen LogP contribution in [0, 0.1) is 23.2 Å². The zero-order valence-electron chi connectivity index (χ0n) is 14.0. The van der Waals surface area contributed by atoms with Crippen LogP contribution >= 0.6 is 0 Å². The fourth-order valence-corrected chi connectivity index (χ4v) is 5.77. The zero-order chi connectivity index (χ0) is 17.0. The van der Waals surface area contributed by atoms with E-state index in [0.717, 1.165) is 23.3 Å². The van der Waals surface area contributed by atoms with Gasteiger partial charge in [-0.1, -0.05) is 0 Å². The van der Waals surface area contributed by atoms with E-state index in [9.17, 15) is 9.59 Å². The van der Waals surface area contributed by atoms with Gasteiger partial charge in [0, 0.05) is 18.9 Å². The Bertz CT molecular complexity index is 838. The summed E-state index contributed by atoms with van der Waals surface area (Å²) in [6, 6.07) is 3.70. The molecule has 0 spiro atoms. The predicted molar refractivity (Wildman–Crippen MR) is 93.7 cm³/mol. The maximum absolute atomic E-state index is 12.3. The van der Waals surface area contributed by atoms with Crippen molar-refractivity contribution in [1.82, 2.24) is 15.3 Å². The minimum Gasteiger partial charge on any atom is -0.358 e. The Balaban J connectivity index is 1.22. The number of carbonyl (C=O) groups excluding carboxylic acids is 2. The van der Waals surface area contributed by atoms with Crippen molar-refractivity contribution in [1.29, 1.82) is 0 Å². The van der Waals surface area contributed by atoms with Crippen molar-refractivity contribution in [3.05, 3.63) is 24.5 Å². The van der Waals surface area contributed by atoms with Gasteiger partial charge in [0.25, 0.3) is 0 Å². The molecular weight excluding hydrogens is 316 g/mol. The van der Waals surface area contributed by atoms with Crippen molar-refractivity contribution in [2.24, 2.45) is 23.2 Å². The summed E-state index contributed by atoms with van der Waals surface area (Å²) in [6.07, 6.45) is 9.76. The van der Waals surface area contributed by atoms with Crippen LogP contribution in [0.2, 0.25) is 0 Å². The van der Waals surface area contributed by atoms with E-state index < -0.39 is 11.8 Å². The van der Waals surface area contributed by atoms with Crippen LogP contribution in [0.3, 0.4) is 0 Å². The molecule has 0 saturated heterocycles. The van der Waals surface area contributed by atoms with Gasteiger partial charge in [-0.2, -0.15) is 0 Å². The number of H-pyrrole nitrogens is 1. The summed E-state index contributed by atoms with van der Waals surface area (Å²) < 4.78 is 0. The maximum atomic E-state index is 12.3. The van der Waals surface area contributed by atoms with Crippen LogP contribution in [0.25, 0.3) is 11.0 Å². The van der Waals surface area contributed by atoms with E-state index >= 15 is 0 Å². The Morgan fingerprint density at radius 2 is 2.00 bits per heavy atom. The van der Waals surface area contributed by atoms with Gasteiger partial charge in [0.1, 0.15) is 5.52 Å². The summed E-state index contributed by atoms with van der Waals surface area (Å²) in [6.45, 7) is 0.634. The minimum absolute atomic E-state index is 0.245. The van der Waals surface area contributed by atoms with Gasteiger partial charge in [-0.05, 0) is 67.4 Å². The van der Waals surface area contributed by atoms with Gasteiger partial charge in [0.2, 0.25) is 0 Å². The highest BCUT2D eigenvalue weighted by Crippen LogP contribution is 2.63. The molecule has 2 unspecified atom stereocenters. The van der Waals surface area contributed by atoms with Crippen molar-refractivity contribution in [3.63, 3.8) is 0 Å². The van der Waals surface area contributed by atoms with E-state index in [1.807, 2.05) is 12.1 Å². The summed E-state index contributed by atoms with van der Waals surface area (Å²) >= 11 is 0. The van der Waals surface area contributed by atoms with E-state index in [-0.39, 0.29) is 5.41 Å². The smallest absolute Gasteiger partial charge is 0.313 e. The molecule has 4 bridgehead atoms. The fraction of sp³-hybridized carbons (Fsp3) is 0.526. The second kappa shape index (κ2) is 5.31. The third-order valence-electron chi connectivity index (χ3n) is 6.56. The van der Waals surface area contributed by atoms with Crippen molar-refractivity contribution in [2.75, 3.05) is 11.9 Å². The van der Waals surface area contributed by atoms with E-state index in [1.54, 1.807) is 12.4 Å². The first kappa shape index (κ1) is 14.9. The second-order valence-corrected chi connectivity index (χ2v) is 8.21. The first-order chi connectivity index (χ1) is 12.1. The molecule has 2 heterocycles. The number of carbonyl (C=O) groups is 2. The van der Waals surface area contributed by atoms with E-state index in [2.05, 4.69) is 20.6 Å². The van der Waals surface area contributed by atoms with Crippen LogP contribution < -0.4 is 10.6 Å². The SMILES string of the molecule is O=C(NCC12CC3CC(C1)C(C3)C2)C(=O)Nc1c[nH]c2cccnc12. The molecule has 6 rings (SSSR count). The molecule has 2 atom stereocenters. The third-order valence-corrected chi connectivity index (χ3v) is 6.56. The third kappa shape index (κ3) is 2.42. The standard InChI is InChI=1S/C19H22N4O2/c24-17(18(25)23-15-9-21-14-2-1-3-20-16(14)15)22-10-19-6-11-4-12(7-19)13(5-11)8-19/h1-3,9,11-13,21H,4-8,10H2,(H,22,24)(H,23,25). The quantitative estimate of drug-likeness (QED) is 0.751. The Labute approximate surface area is 145 Å². The van der Waals surface area contributed by atoms with Gasteiger partial charge in [0.05, 0.1) is 11.2 Å². The highest BCUT2D eigenvalue weighted by molar-refractivity contribution is 6.40. The number of nitrogens with one attached hydrogen (secondary N) is 3. The van der Waals surface area contributed by atoms with Gasteiger partial charge in [-0.3, -0.25) is 14.6 Å². The lowest BCUT2D eigenvalue weighted by Crippen LogP contribution is -2.43. The van der Waals surface area contributed by atoms with E-state index in [1.165, 1.54) is 32.1 Å². The molecule has 0 aromatic carbocycles. The monoisotopic (exact) mass is 338 g/mol. The molecule has 2 amide bonds. The average Bonchev–Trinajstić information content (AvgIpc) is 3.21. The van der Waals surface area contributed by atoms with Gasteiger partial charge in [0.15, 0.2) is 0 Å². The van der Waals surface area contributed by atoms with Crippen LogP contribution in [0.15, 0.2) is 24.5 Å². The van der Waals surface area contributed by atoms with Gasteiger partial charge in [-0.15, -0.1) is 0 Å². The summed E-state index contributed by atoms with van der Waals surface area (Å²) in [4.78, 5) is 31.8. The lowest BCUT2D eigenvalue weighted by Gasteiger charge is -2.38. The topological polar surface area (TPSA) is 86.9 Å². The number of aromatic amines is 1. The Hall–Kier alpha value is -2.37. The molecule has 130 valence electrons. The molecule has 2 aromatic rings. The Morgan fingerprint density at radius 3 is 2.76 bits per heavy atom. The van der Waals surface area contributed by atoms with Crippen molar-refractivity contribution in [2.45, 2.75) is 32.1 Å². The number of fused-ring (bicyclic) bond motifs is 1. The number of amides is 2. The average molecular weight is 338 g/mol. The largest absolute Gasteiger partial charge is 0.358 e. The zero-order valence-corrected chi connectivity index (χ0v) is 14.0. The number of nitrogens with zero attached hydrogens (tertiary/aromatic N) is 1. The molecule has 6 nitrogen and oxygen atoms in total. The van der Waals surface area contributed by atoms with Crippen LogP contribution in [0.4, 0.5) is 5.69 Å². The molecule has 4 saturated carbocycles. The van der Waals surface area contributed by atoms with Crippen molar-refractivity contribution >= 4 is 28.5 Å². The van der Waals surface area contributed by atoms with Crippen molar-refractivity contribution < 1.29 is 9.59 Å². The number of hydrogen-bond donors (Lipinski definition) is 3. The van der Waals surface area contributed by atoms with Crippen LogP contribution in [0.1, 0.15) is 32.1 Å². The Morgan fingerprint density at radius 1 is 1.20 bits per heavy atom. The normalized spacial score (nSPS) is 32.2. The molecule has 6 heteroatoms.